The quantitative estimate of drug-likeness (QED) is 0.259. The van der Waals surface area contributed by atoms with Crippen LogP contribution in [0.3, 0.4) is 0 Å². The Bertz CT molecular complexity index is 1170. The zero-order valence-electron chi connectivity index (χ0n) is 15.5. The first-order chi connectivity index (χ1) is 14.5. The molecule has 0 heterocycles. The number of nitrogens with one attached hydrogen (secondary N) is 3. The van der Waals surface area contributed by atoms with E-state index >= 15 is 0 Å². The minimum atomic E-state index is -0.759. The van der Waals surface area contributed by atoms with Crippen molar-refractivity contribution in [1.29, 1.82) is 0 Å². The van der Waals surface area contributed by atoms with Gasteiger partial charge in [0.25, 0.3) is 11.6 Å². The van der Waals surface area contributed by atoms with E-state index in [1.807, 2.05) is 42.5 Å². The summed E-state index contributed by atoms with van der Waals surface area (Å²) >= 11 is 4.97. The van der Waals surface area contributed by atoms with Crippen LogP contribution in [0.1, 0.15) is 15.9 Å². The zero-order chi connectivity index (χ0) is 21.5. The van der Waals surface area contributed by atoms with E-state index in [0.717, 1.165) is 16.3 Å². The Balaban J connectivity index is 1.57. The van der Waals surface area contributed by atoms with Crippen LogP contribution in [-0.2, 0) is 4.79 Å². The van der Waals surface area contributed by atoms with Crippen molar-refractivity contribution in [2.24, 2.45) is 0 Å². The summed E-state index contributed by atoms with van der Waals surface area (Å²) in [6, 6.07) is 19.0. The maximum atomic E-state index is 12.1. The topological polar surface area (TPSA) is 113 Å². The molecule has 0 spiro atoms. The van der Waals surface area contributed by atoms with Gasteiger partial charge < -0.3 is 0 Å². The molecule has 3 rings (SSSR count). The number of hydrogen-bond donors (Lipinski definition) is 3. The van der Waals surface area contributed by atoms with Crippen LogP contribution in [0.5, 0.6) is 0 Å². The van der Waals surface area contributed by atoms with Crippen LogP contribution in [0.2, 0.25) is 0 Å². The molecule has 0 aliphatic carbocycles. The van der Waals surface area contributed by atoms with E-state index < -0.39 is 16.7 Å². The van der Waals surface area contributed by atoms with Gasteiger partial charge in [0.05, 0.1) is 4.92 Å². The summed E-state index contributed by atoms with van der Waals surface area (Å²) in [5, 5.41) is 15.3. The van der Waals surface area contributed by atoms with Crippen molar-refractivity contribution in [2.75, 3.05) is 0 Å². The minimum Gasteiger partial charge on any atom is -0.298 e. The maximum absolute atomic E-state index is 12.1. The SMILES string of the molecule is O=C(C=Cc1cccc2ccccc12)NC(=S)NNC(=O)c1ccccc1[N+](=O)[O-]. The number of nitrogens with zero attached hydrogens (tertiary/aromatic N) is 1. The van der Waals surface area contributed by atoms with E-state index in [4.69, 9.17) is 12.2 Å². The first-order valence-electron chi connectivity index (χ1n) is 8.76. The van der Waals surface area contributed by atoms with Gasteiger partial charge in [-0.25, -0.2) is 0 Å². The highest BCUT2D eigenvalue weighted by Gasteiger charge is 2.19. The molecule has 8 nitrogen and oxygen atoms in total. The Hall–Kier alpha value is -4.11. The molecule has 0 bridgehead atoms. The molecule has 0 fully saturated rings. The number of nitro groups is 1. The summed E-state index contributed by atoms with van der Waals surface area (Å²) in [6.45, 7) is 0. The van der Waals surface area contributed by atoms with E-state index in [9.17, 15) is 19.7 Å². The lowest BCUT2D eigenvalue weighted by Gasteiger charge is -2.10. The highest BCUT2D eigenvalue weighted by atomic mass is 32.1. The Morgan fingerprint density at radius 3 is 2.43 bits per heavy atom. The molecule has 2 amide bonds. The number of amides is 2. The van der Waals surface area contributed by atoms with Crippen LogP contribution in [0.4, 0.5) is 5.69 Å². The van der Waals surface area contributed by atoms with Crippen molar-refractivity contribution >= 4 is 51.7 Å². The Kier molecular flexibility index (Phi) is 6.46. The van der Waals surface area contributed by atoms with Crippen LogP contribution in [0, 0.1) is 10.1 Å². The molecular weight excluding hydrogens is 404 g/mol. The van der Waals surface area contributed by atoms with E-state index in [-0.39, 0.29) is 16.4 Å². The lowest BCUT2D eigenvalue weighted by Crippen LogP contribution is -2.48. The normalized spacial score (nSPS) is 10.5. The summed E-state index contributed by atoms with van der Waals surface area (Å²) in [5.74, 6) is -1.26. The second kappa shape index (κ2) is 9.39. The predicted octanol–water partition coefficient (Wildman–Crippen LogP) is 3.10. The molecule has 30 heavy (non-hydrogen) atoms. The van der Waals surface area contributed by atoms with Crippen molar-refractivity contribution in [3.05, 3.63) is 94.0 Å². The third-order valence-electron chi connectivity index (χ3n) is 4.11. The first kappa shape index (κ1) is 20.6. The largest absolute Gasteiger partial charge is 0.298 e. The fourth-order valence-electron chi connectivity index (χ4n) is 2.75. The van der Waals surface area contributed by atoms with Gasteiger partial charge in [-0.1, -0.05) is 54.6 Å². The molecule has 0 saturated carbocycles. The Morgan fingerprint density at radius 1 is 0.933 bits per heavy atom. The van der Waals surface area contributed by atoms with Gasteiger partial charge in [-0.3, -0.25) is 35.9 Å². The van der Waals surface area contributed by atoms with Crippen LogP contribution in [-0.4, -0.2) is 21.9 Å². The van der Waals surface area contributed by atoms with Crippen LogP contribution >= 0.6 is 12.2 Å². The molecule has 9 heteroatoms. The van der Waals surface area contributed by atoms with Crippen LogP contribution in [0.25, 0.3) is 16.8 Å². The highest BCUT2D eigenvalue weighted by molar-refractivity contribution is 7.80. The lowest BCUT2D eigenvalue weighted by atomic mass is 10.0. The van der Waals surface area contributed by atoms with Crippen LogP contribution < -0.4 is 16.2 Å². The van der Waals surface area contributed by atoms with E-state index in [1.54, 1.807) is 6.08 Å². The van der Waals surface area contributed by atoms with Crippen molar-refractivity contribution in [1.82, 2.24) is 16.2 Å². The molecule has 150 valence electrons. The zero-order valence-corrected chi connectivity index (χ0v) is 16.3. The monoisotopic (exact) mass is 420 g/mol. The fraction of sp³-hybridized carbons (Fsp3) is 0. The van der Waals surface area contributed by atoms with Gasteiger partial charge in [-0.15, -0.1) is 0 Å². The van der Waals surface area contributed by atoms with Crippen molar-refractivity contribution < 1.29 is 14.5 Å². The molecule has 3 N–H and O–H groups in total. The number of thiocarbonyl (C=S) groups is 1. The molecule has 0 aliphatic rings. The second-order valence-electron chi connectivity index (χ2n) is 6.07. The average molecular weight is 420 g/mol. The molecule has 0 saturated heterocycles. The number of fused-ring (bicyclic) bond motifs is 1. The van der Waals surface area contributed by atoms with Gasteiger partial charge in [-0.05, 0) is 40.7 Å². The number of benzene rings is 3. The summed E-state index contributed by atoms with van der Waals surface area (Å²) in [5.41, 5.74) is 4.96. The summed E-state index contributed by atoms with van der Waals surface area (Å²) < 4.78 is 0. The number of carbonyl (C=O) groups excluding carboxylic acids is 2. The smallest absolute Gasteiger partial charge is 0.282 e. The van der Waals surface area contributed by atoms with Gasteiger partial charge in [0, 0.05) is 12.1 Å². The van der Waals surface area contributed by atoms with Crippen molar-refractivity contribution in [3.63, 3.8) is 0 Å². The minimum absolute atomic E-state index is 0.139. The molecule has 0 radical (unpaired) electrons. The fourth-order valence-corrected chi connectivity index (χ4v) is 2.90. The Labute approximate surface area is 176 Å². The highest BCUT2D eigenvalue weighted by Crippen LogP contribution is 2.19. The van der Waals surface area contributed by atoms with E-state index in [0.29, 0.717) is 0 Å². The number of para-hydroxylation sites is 1. The number of rotatable bonds is 4. The predicted molar refractivity (Wildman–Crippen MR) is 117 cm³/mol. The molecule has 0 atom stereocenters. The summed E-state index contributed by atoms with van der Waals surface area (Å²) in [7, 11) is 0. The number of hydrazine groups is 1. The Morgan fingerprint density at radius 2 is 1.63 bits per heavy atom. The van der Waals surface area contributed by atoms with Gasteiger partial charge in [-0.2, -0.15) is 0 Å². The summed E-state index contributed by atoms with van der Waals surface area (Å²) in [4.78, 5) is 34.6. The lowest BCUT2D eigenvalue weighted by molar-refractivity contribution is -0.385. The van der Waals surface area contributed by atoms with Gasteiger partial charge >= 0.3 is 0 Å². The molecule has 0 unspecified atom stereocenters. The van der Waals surface area contributed by atoms with Gasteiger partial charge in [0.15, 0.2) is 5.11 Å². The standard InChI is InChI=1S/C21H16N4O4S/c26-19(13-12-15-8-5-7-14-6-1-2-9-16(14)15)22-21(30)24-23-20(27)17-10-3-4-11-18(17)25(28)29/h1-13H,(H,23,27)(H2,22,24,26,30). The van der Waals surface area contributed by atoms with Gasteiger partial charge in [0.2, 0.25) is 5.91 Å². The maximum Gasteiger partial charge on any atom is 0.282 e. The van der Waals surface area contributed by atoms with Crippen molar-refractivity contribution in [3.8, 4) is 0 Å². The van der Waals surface area contributed by atoms with E-state index in [1.165, 1.54) is 30.3 Å². The molecule has 3 aromatic carbocycles. The first-order valence-corrected chi connectivity index (χ1v) is 9.17. The number of hydrogen-bond acceptors (Lipinski definition) is 5. The summed E-state index contributed by atoms with van der Waals surface area (Å²) in [6.07, 6.45) is 2.98. The third-order valence-corrected chi connectivity index (χ3v) is 4.31. The van der Waals surface area contributed by atoms with E-state index in [2.05, 4.69) is 16.2 Å². The van der Waals surface area contributed by atoms with Crippen molar-refractivity contribution in [2.45, 2.75) is 0 Å². The van der Waals surface area contributed by atoms with Gasteiger partial charge in [0.1, 0.15) is 5.56 Å². The number of carbonyl (C=O) groups is 2. The molecule has 0 aliphatic heterocycles. The number of nitro benzene ring substituents is 1. The third kappa shape index (κ3) is 5.03. The molecular formula is C21H16N4O4S. The molecule has 0 aromatic heterocycles. The second-order valence-corrected chi connectivity index (χ2v) is 6.48. The average Bonchev–Trinajstić information content (AvgIpc) is 2.76. The van der Waals surface area contributed by atoms with Crippen LogP contribution in [0.15, 0.2) is 72.8 Å². The molecule has 3 aromatic rings.